The number of carbonyl (C=O) groups is 2. The minimum atomic E-state index is -0.919. The predicted octanol–water partition coefficient (Wildman–Crippen LogP) is 1.85. The SMILES string of the molecule is O=C(O)C1CCCN1C(=O)Cc1cnc2ccccc2c1. The van der Waals surface area contributed by atoms with E-state index in [1.807, 2.05) is 30.3 Å². The van der Waals surface area contributed by atoms with Crippen LogP contribution in [0.4, 0.5) is 0 Å². The van der Waals surface area contributed by atoms with Gasteiger partial charge in [0.1, 0.15) is 6.04 Å². The van der Waals surface area contributed by atoms with Gasteiger partial charge in [-0.25, -0.2) is 4.79 Å². The van der Waals surface area contributed by atoms with Crippen molar-refractivity contribution in [1.82, 2.24) is 9.88 Å². The monoisotopic (exact) mass is 284 g/mol. The van der Waals surface area contributed by atoms with Crippen molar-refractivity contribution in [3.8, 4) is 0 Å². The molecule has 0 saturated carbocycles. The van der Waals surface area contributed by atoms with Crippen molar-refractivity contribution in [2.24, 2.45) is 0 Å². The number of hydrogen-bond acceptors (Lipinski definition) is 3. The molecule has 108 valence electrons. The second kappa shape index (κ2) is 5.52. The van der Waals surface area contributed by atoms with E-state index >= 15 is 0 Å². The van der Waals surface area contributed by atoms with Crippen molar-refractivity contribution in [2.45, 2.75) is 25.3 Å². The molecule has 1 fully saturated rings. The minimum Gasteiger partial charge on any atom is -0.480 e. The first-order valence-electron chi connectivity index (χ1n) is 7.01. The minimum absolute atomic E-state index is 0.142. The van der Waals surface area contributed by atoms with Crippen molar-refractivity contribution in [3.63, 3.8) is 0 Å². The zero-order valence-corrected chi connectivity index (χ0v) is 11.5. The molecule has 1 unspecified atom stereocenters. The normalized spacial score (nSPS) is 18.1. The van der Waals surface area contributed by atoms with Gasteiger partial charge in [-0.2, -0.15) is 0 Å². The van der Waals surface area contributed by atoms with Crippen molar-refractivity contribution >= 4 is 22.8 Å². The molecule has 21 heavy (non-hydrogen) atoms. The van der Waals surface area contributed by atoms with Crippen LogP contribution in [0.15, 0.2) is 36.5 Å². The zero-order chi connectivity index (χ0) is 14.8. The molecule has 1 aliphatic rings. The Morgan fingerprint density at radius 3 is 2.95 bits per heavy atom. The van der Waals surface area contributed by atoms with E-state index in [2.05, 4.69) is 4.98 Å². The maximum absolute atomic E-state index is 12.3. The molecule has 5 nitrogen and oxygen atoms in total. The topological polar surface area (TPSA) is 70.5 Å². The van der Waals surface area contributed by atoms with Crippen LogP contribution in [0.1, 0.15) is 18.4 Å². The molecule has 2 aromatic rings. The summed E-state index contributed by atoms with van der Waals surface area (Å²) < 4.78 is 0. The second-order valence-electron chi connectivity index (χ2n) is 5.30. The second-order valence-corrected chi connectivity index (χ2v) is 5.30. The molecule has 1 amide bonds. The molecule has 2 heterocycles. The Labute approximate surface area is 122 Å². The Morgan fingerprint density at radius 2 is 2.14 bits per heavy atom. The summed E-state index contributed by atoms with van der Waals surface area (Å²) in [4.78, 5) is 29.2. The lowest BCUT2D eigenvalue weighted by Gasteiger charge is -2.21. The van der Waals surface area contributed by atoms with Crippen molar-refractivity contribution in [1.29, 1.82) is 0 Å². The van der Waals surface area contributed by atoms with E-state index in [4.69, 9.17) is 5.11 Å². The molecule has 1 atom stereocenters. The van der Waals surface area contributed by atoms with E-state index in [0.717, 1.165) is 22.9 Å². The van der Waals surface area contributed by atoms with Crippen LogP contribution < -0.4 is 0 Å². The summed E-state index contributed by atoms with van der Waals surface area (Å²) in [6.45, 7) is 0.525. The molecule has 0 aliphatic carbocycles. The van der Waals surface area contributed by atoms with Gasteiger partial charge in [0.25, 0.3) is 0 Å². The zero-order valence-electron chi connectivity index (χ0n) is 11.5. The van der Waals surface area contributed by atoms with Crippen LogP contribution in [0.5, 0.6) is 0 Å². The molecule has 1 aromatic heterocycles. The van der Waals surface area contributed by atoms with Gasteiger partial charge in [-0.05, 0) is 30.5 Å². The average molecular weight is 284 g/mol. The van der Waals surface area contributed by atoms with E-state index in [1.165, 1.54) is 4.90 Å². The van der Waals surface area contributed by atoms with Gasteiger partial charge in [-0.1, -0.05) is 18.2 Å². The molecule has 5 heteroatoms. The van der Waals surface area contributed by atoms with Crippen molar-refractivity contribution < 1.29 is 14.7 Å². The van der Waals surface area contributed by atoms with Crippen molar-refractivity contribution in [3.05, 3.63) is 42.1 Å². The number of aromatic nitrogens is 1. The molecule has 0 radical (unpaired) electrons. The third-order valence-electron chi connectivity index (χ3n) is 3.86. The Kier molecular flexibility index (Phi) is 3.56. The van der Waals surface area contributed by atoms with E-state index in [0.29, 0.717) is 13.0 Å². The fourth-order valence-corrected chi connectivity index (χ4v) is 2.81. The van der Waals surface area contributed by atoms with E-state index in [-0.39, 0.29) is 12.3 Å². The molecule has 0 bridgehead atoms. The van der Waals surface area contributed by atoms with Gasteiger partial charge in [0.15, 0.2) is 0 Å². The van der Waals surface area contributed by atoms with Crippen LogP contribution in [-0.2, 0) is 16.0 Å². The first-order valence-corrected chi connectivity index (χ1v) is 7.01. The first kappa shape index (κ1) is 13.5. The number of carboxylic acid groups (broad SMARTS) is 1. The Morgan fingerprint density at radius 1 is 1.33 bits per heavy atom. The third kappa shape index (κ3) is 2.72. The quantitative estimate of drug-likeness (QED) is 0.933. The summed E-state index contributed by atoms with van der Waals surface area (Å²) in [5.41, 5.74) is 1.70. The molecular formula is C16H16N2O3. The number of hydrogen-bond donors (Lipinski definition) is 1. The maximum atomic E-state index is 12.3. The van der Waals surface area contributed by atoms with Gasteiger partial charge in [0, 0.05) is 18.1 Å². The molecule has 1 saturated heterocycles. The van der Waals surface area contributed by atoms with Crippen LogP contribution >= 0.6 is 0 Å². The van der Waals surface area contributed by atoms with Crippen LogP contribution in [-0.4, -0.2) is 39.5 Å². The highest BCUT2D eigenvalue weighted by molar-refractivity contribution is 5.86. The highest BCUT2D eigenvalue weighted by Gasteiger charge is 2.33. The third-order valence-corrected chi connectivity index (χ3v) is 3.86. The number of benzene rings is 1. The molecular weight excluding hydrogens is 268 g/mol. The summed E-state index contributed by atoms with van der Waals surface area (Å²) in [5.74, 6) is -1.06. The number of carbonyl (C=O) groups excluding carboxylic acids is 1. The van der Waals surface area contributed by atoms with Gasteiger partial charge >= 0.3 is 5.97 Å². The first-order chi connectivity index (χ1) is 10.1. The number of rotatable bonds is 3. The molecule has 3 rings (SSSR count). The predicted molar refractivity (Wildman–Crippen MR) is 77.8 cm³/mol. The van der Waals surface area contributed by atoms with Gasteiger partial charge < -0.3 is 10.0 Å². The summed E-state index contributed by atoms with van der Waals surface area (Å²) >= 11 is 0. The fourth-order valence-electron chi connectivity index (χ4n) is 2.81. The van der Waals surface area contributed by atoms with Gasteiger partial charge in [0.2, 0.25) is 5.91 Å². The highest BCUT2D eigenvalue weighted by Crippen LogP contribution is 2.20. The number of carboxylic acids is 1. The average Bonchev–Trinajstić information content (AvgIpc) is 2.97. The number of para-hydroxylation sites is 1. The van der Waals surface area contributed by atoms with Crippen LogP contribution in [0, 0.1) is 0 Å². The Hall–Kier alpha value is -2.43. The summed E-state index contributed by atoms with van der Waals surface area (Å²) in [6.07, 6.45) is 3.17. The summed E-state index contributed by atoms with van der Waals surface area (Å²) in [6, 6.07) is 8.98. The smallest absolute Gasteiger partial charge is 0.326 e. The molecule has 1 aliphatic heterocycles. The number of aliphatic carboxylic acids is 1. The van der Waals surface area contributed by atoms with E-state index in [1.54, 1.807) is 6.20 Å². The number of fused-ring (bicyclic) bond motifs is 1. The molecule has 1 aromatic carbocycles. The molecule has 1 N–H and O–H groups in total. The van der Waals surface area contributed by atoms with Gasteiger partial charge in [-0.15, -0.1) is 0 Å². The van der Waals surface area contributed by atoms with Gasteiger partial charge in [-0.3, -0.25) is 9.78 Å². The number of amides is 1. The van der Waals surface area contributed by atoms with Crippen LogP contribution in [0.2, 0.25) is 0 Å². The Bertz CT molecular complexity index is 699. The van der Waals surface area contributed by atoms with E-state index < -0.39 is 12.0 Å². The van der Waals surface area contributed by atoms with Crippen LogP contribution in [0.3, 0.4) is 0 Å². The van der Waals surface area contributed by atoms with Crippen molar-refractivity contribution in [2.75, 3.05) is 6.54 Å². The highest BCUT2D eigenvalue weighted by atomic mass is 16.4. The summed E-state index contributed by atoms with van der Waals surface area (Å²) in [5, 5.41) is 10.1. The number of likely N-dealkylation sites (tertiary alicyclic amines) is 1. The molecule has 0 spiro atoms. The fraction of sp³-hybridized carbons (Fsp3) is 0.312. The number of pyridine rings is 1. The summed E-state index contributed by atoms with van der Waals surface area (Å²) in [7, 11) is 0. The van der Waals surface area contributed by atoms with E-state index in [9.17, 15) is 9.59 Å². The lowest BCUT2D eigenvalue weighted by Crippen LogP contribution is -2.41. The lowest BCUT2D eigenvalue weighted by atomic mass is 10.1. The maximum Gasteiger partial charge on any atom is 0.326 e. The lowest BCUT2D eigenvalue weighted by molar-refractivity contribution is -0.148. The number of nitrogens with zero attached hydrogens (tertiary/aromatic N) is 2. The Balaban J connectivity index is 1.78. The standard InChI is InChI=1S/C16H16N2O3/c19-15(18-7-3-6-14(18)16(20)21)9-11-8-12-4-1-2-5-13(12)17-10-11/h1-2,4-5,8,10,14H,3,6-7,9H2,(H,20,21). The largest absolute Gasteiger partial charge is 0.480 e. The van der Waals surface area contributed by atoms with Crippen LogP contribution in [0.25, 0.3) is 10.9 Å². The van der Waals surface area contributed by atoms with Gasteiger partial charge in [0.05, 0.1) is 11.9 Å².